The van der Waals surface area contributed by atoms with Gasteiger partial charge in [0, 0.05) is 6.54 Å². The molecule has 0 aliphatic rings. The summed E-state index contributed by atoms with van der Waals surface area (Å²) in [6.07, 6.45) is 0. The molecule has 5 nitrogen and oxygen atoms in total. The van der Waals surface area contributed by atoms with Crippen molar-refractivity contribution in [2.24, 2.45) is 5.73 Å². The van der Waals surface area contributed by atoms with Crippen LogP contribution in [0.15, 0.2) is 54.6 Å². The van der Waals surface area contributed by atoms with E-state index in [2.05, 4.69) is 5.32 Å². The number of nitrogens with one attached hydrogen (secondary N) is 1. The van der Waals surface area contributed by atoms with Gasteiger partial charge in [-0.05, 0) is 30.7 Å². The van der Waals surface area contributed by atoms with E-state index in [9.17, 15) is 9.59 Å². The zero-order valence-electron chi connectivity index (χ0n) is 13.3. The molecule has 0 aliphatic carbocycles. The molecule has 2 rings (SSSR count). The maximum Gasteiger partial charge on any atom is 0.318 e. The van der Waals surface area contributed by atoms with Gasteiger partial charge in [0.05, 0.1) is 0 Å². The largest absolute Gasteiger partial charge is 0.351 e. The van der Waals surface area contributed by atoms with Crippen LogP contribution in [0.25, 0.3) is 0 Å². The van der Waals surface area contributed by atoms with Gasteiger partial charge in [0.1, 0.15) is 6.04 Å². The molecule has 0 saturated heterocycles. The lowest BCUT2D eigenvalue weighted by Gasteiger charge is -2.27. The van der Waals surface area contributed by atoms with E-state index in [1.807, 2.05) is 73.5 Å². The number of carbonyl (C=O) groups is 2. The summed E-state index contributed by atoms with van der Waals surface area (Å²) in [7, 11) is 1.85. The fraction of sp³-hybridized carbons (Fsp3) is 0.222. The Morgan fingerprint density at radius 1 is 1.09 bits per heavy atom. The number of hydrogen-bond donors (Lipinski definition) is 2. The first-order valence-electron chi connectivity index (χ1n) is 7.39. The number of urea groups is 1. The van der Waals surface area contributed by atoms with Gasteiger partial charge in [0.2, 0.25) is 5.91 Å². The lowest BCUT2D eigenvalue weighted by molar-refractivity contribution is -0.125. The Morgan fingerprint density at radius 3 is 2.30 bits per heavy atom. The van der Waals surface area contributed by atoms with Crippen molar-refractivity contribution >= 4 is 11.9 Å². The fourth-order valence-corrected chi connectivity index (χ4v) is 2.58. The molecular weight excluding hydrogens is 290 g/mol. The fourth-order valence-electron chi connectivity index (χ4n) is 2.58. The zero-order chi connectivity index (χ0) is 16.8. The Morgan fingerprint density at radius 2 is 1.70 bits per heavy atom. The van der Waals surface area contributed by atoms with Gasteiger partial charge in [0.15, 0.2) is 0 Å². The van der Waals surface area contributed by atoms with Crippen LogP contribution in [0.2, 0.25) is 0 Å². The van der Waals surface area contributed by atoms with Crippen LogP contribution >= 0.6 is 0 Å². The minimum atomic E-state index is -0.847. The van der Waals surface area contributed by atoms with E-state index in [1.54, 1.807) is 0 Å². The normalized spacial score (nSPS) is 12.0. The Balaban J connectivity index is 2.27. The molecule has 0 unspecified atom stereocenters. The highest BCUT2D eigenvalue weighted by molar-refractivity contribution is 5.96. The topological polar surface area (TPSA) is 75.4 Å². The number of carbonyl (C=O) groups excluding carboxylic acids is 2. The van der Waals surface area contributed by atoms with Crippen molar-refractivity contribution in [1.82, 2.24) is 10.2 Å². The van der Waals surface area contributed by atoms with Crippen molar-refractivity contribution in [3.63, 3.8) is 0 Å². The maximum atomic E-state index is 12.4. The van der Waals surface area contributed by atoms with Gasteiger partial charge in [-0.2, -0.15) is 0 Å². The molecule has 3 amide bonds. The Labute approximate surface area is 136 Å². The van der Waals surface area contributed by atoms with Crippen molar-refractivity contribution in [2.45, 2.75) is 19.5 Å². The standard InChI is InChI=1S/C18H21N3O2/c1-13-8-6-7-11-15(13)12-21(2)16(17(22)20-18(19)23)14-9-4-3-5-10-14/h3-11,16H,12H2,1-2H3,(H3,19,20,22,23)/t16-/m0/s1. The number of nitrogens with zero attached hydrogens (tertiary/aromatic N) is 1. The second-order valence-electron chi connectivity index (χ2n) is 5.51. The maximum absolute atomic E-state index is 12.4. The molecule has 0 aliphatic heterocycles. The third kappa shape index (κ3) is 4.40. The molecular formula is C18H21N3O2. The summed E-state index contributed by atoms with van der Waals surface area (Å²) in [5.41, 5.74) is 8.19. The number of primary amides is 1. The molecule has 2 aromatic rings. The highest BCUT2D eigenvalue weighted by atomic mass is 16.2. The number of rotatable bonds is 5. The first kappa shape index (κ1) is 16.7. The molecule has 5 heteroatoms. The summed E-state index contributed by atoms with van der Waals surface area (Å²) in [6, 6.07) is 15.9. The molecule has 3 N–H and O–H groups in total. The molecule has 120 valence electrons. The number of benzene rings is 2. The van der Waals surface area contributed by atoms with Gasteiger partial charge < -0.3 is 5.73 Å². The van der Waals surface area contributed by atoms with E-state index >= 15 is 0 Å². The van der Waals surface area contributed by atoms with Gasteiger partial charge in [-0.3, -0.25) is 15.0 Å². The van der Waals surface area contributed by atoms with Gasteiger partial charge in [-0.15, -0.1) is 0 Å². The van der Waals surface area contributed by atoms with Crippen molar-refractivity contribution < 1.29 is 9.59 Å². The molecule has 0 aromatic heterocycles. The quantitative estimate of drug-likeness (QED) is 0.890. The highest BCUT2D eigenvalue weighted by Gasteiger charge is 2.26. The summed E-state index contributed by atoms with van der Waals surface area (Å²) in [4.78, 5) is 25.4. The first-order valence-corrected chi connectivity index (χ1v) is 7.39. The number of imide groups is 1. The summed E-state index contributed by atoms with van der Waals surface area (Å²) in [6.45, 7) is 2.61. The van der Waals surface area contributed by atoms with Crippen LogP contribution < -0.4 is 11.1 Å². The van der Waals surface area contributed by atoms with Crippen LogP contribution in [-0.4, -0.2) is 23.9 Å². The number of likely N-dealkylation sites (N-methyl/N-ethyl adjacent to an activating group) is 1. The molecule has 0 bridgehead atoms. The molecule has 0 radical (unpaired) electrons. The summed E-state index contributed by atoms with van der Waals surface area (Å²) in [5.74, 6) is -0.431. The second-order valence-corrected chi connectivity index (χ2v) is 5.51. The van der Waals surface area contributed by atoms with Crippen LogP contribution in [0, 0.1) is 6.92 Å². The van der Waals surface area contributed by atoms with Gasteiger partial charge >= 0.3 is 6.03 Å². The summed E-state index contributed by atoms with van der Waals surface area (Å²) in [5, 5.41) is 2.18. The molecule has 0 fully saturated rings. The van der Waals surface area contributed by atoms with Gasteiger partial charge in [0.25, 0.3) is 0 Å². The Kier molecular flexibility index (Phi) is 5.49. The minimum Gasteiger partial charge on any atom is -0.351 e. The number of aryl methyl sites for hydroxylation is 1. The third-order valence-electron chi connectivity index (χ3n) is 3.73. The monoisotopic (exact) mass is 311 g/mol. The average molecular weight is 311 g/mol. The summed E-state index contributed by atoms with van der Waals surface area (Å²) < 4.78 is 0. The average Bonchev–Trinajstić information content (AvgIpc) is 2.50. The Bertz CT molecular complexity index is 686. The van der Waals surface area contributed by atoms with Crippen molar-refractivity contribution in [1.29, 1.82) is 0 Å². The van der Waals surface area contributed by atoms with Crippen LogP contribution in [0.1, 0.15) is 22.7 Å². The third-order valence-corrected chi connectivity index (χ3v) is 3.73. The Hall–Kier alpha value is -2.66. The molecule has 0 heterocycles. The van der Waals surface area contributed by atoms with Crippen LogP contribution in [-0.2, 0) is 11.3 Å². The number of amides is 3. The van der Waals surface area contributed by atoms with E-state index < -0.39 is 18.0 Å². The molecule has 2 aromatic carbocycles. The van der Waals surface area contributed by atoms with Crippen molar-refractivity contribution in [2.75, 3.05) is 7.05 Å². The lowest BCUT2D eigenvalue weighted by atomic mass is 10.0. The highest BCUT2D eigenvalue weighted by Crippen LogP contribution is 2.22. The smallest absolute Gasteiger partial charge is 0.318 e. The van der Waals surface area contributed by atoms with Gasteiger partial charge in [-0.1, -0.05) is 54.6 Å². The van der Waals surface area contributed by atoms with E-state index in [-0.39, 0.29) is 0 Å². The number of nitrogens with two attached hydrogens (primary N) is 1. The van der Waals surface area contributed by atoms with E-state index in [0.717, 1.165) is 16.7 Å². The summed E-state index contributed by atoms with van der Waals surface area (Å²) >= 11 is 0. The van der Waals surface area contributed by atoms with E-state index in [0.29, 0.717) is 6.54 Å². The van der Waals surface area contributed by atoms with E-state index in [1.165, 1.54) is 0 Å². The molecule has 0 spiro atoms. The predicted molar refractivity (Wildman–Crippen MR) is 89.6 cm³/mol. The number of hydrogen-bond acceptors (Lipinski definition) is 3. The minimum absolute atomic E-state index is 0.431. The van der Waals surface area contributed by atoms with Gasteiger partial charge in [-0.25, -0.2) is 4.79 Å². The van der Waals surface area contributed by atoms with Crippen LogP contribution in [0.3, 0.4) is 0 Å². The van der Waals surface area contributed by atoms with Crippen molar-refractivity contribution in [3.05, 3.63) is 71.3 Å². The molecule has 23 heavy (non-hydrogen) atoms. The van der Waals surface area contributed by atoms with Crippen LogP contribution in [0.5, 0.6) is 0 Å². The van der Waals surface area contributed by atoms with Crippen molar-refractivity contribution in [3.8, 4) is 0 Å². The molecule has 1 atom stereocenters. The predicted octanol–water partition coefficient (Wildman–Crippen LogP) is 2.36. The second kappa shape index (κ2) is 7.56. The molecule has 0 saturated carbocycles. The first-order chi connectivity index (χ1) is 11.0. The zero-order valence-corrected chi connectivity index (χ0v) is 13.3. The SMILES string of the molecule is Cc1ccccc1CN(C)[C@H](C(=O)NC(N)=O)c1ccccc1. The van der Waals surface area contributed by atoms with Crippen LogP contribution in [0.4, 0.5) is 4.79 Å². The lowest BCUT2D eigenvalue weighted by Crippen LogP contribution is -2.43. The van der Waals surface area contributed by atoms with E-state index in [4.69, 9.17) is 5.73 Å².